The average Bonchev–Trinajstić information content (AvgIpc) is 3.07. The number of nitrogens with zero attached hydrogens (tertiary/aromatic N) is 2. The lowest BCUT2D eigenvalue weighted by Gasteiger charge is -2.23. The van der Waals surface area contributed by atoms with E-state index in [9.17, 15) is 8.42 Å². The predicted octanol–water partition coefficient (Wildman–Crippen LogP) is 12.8. The van der Waals surface area contributed by atoms with Crippen molar-refractivity contribution < 1.29 is 8.42 Å². The molecule has 0 aromatic rings. The lowest BCUT2D eigenvalue weighted by atomic mass is 10.1. The normalized spacial score (nSPS) is 12.7. The number of hydrogen-bond donors (Lipinski definition) is 0. The van der Waals surface area contributed by atoms with Gasteiger partial charge in [-0.15, -0.1) is 0 Å². The van der Waals surface area contributed by atoms with Crippen molar-refractivity contribution >= 4 is 21.8 Å². The van der Waals surface area contributed by atoms with Crippen LogP contribution in [0.2, 0.25) is 0 Å². The summed E-state index contributed by atoms with van der Waals surface area (Å²) in [4.78, 5) is 1.97. The van der Waals surface area contributed by atoms with Crippen molar-refractivity contribution in [2.45, 2.75) is 181 Å². The molecule has 0 saturated heterocycles. The average molecular weight is 711 g/mol. The largest absolute Gasteiger partial charge is 0.308 e. The standard InChI is InChI=1S/C42H82N2O2S2/c1-5-7-9-11-13-15-17-19-21-23-25-27-29-31-33-35-37-44(48(45,46)42-39-43(3)4)38-41-47-40-36-34-32-30-28-26-24-22-20-18-16-14-12-10-8-6-2/h13,15,19-22H,5-12,14,16-18,23-42H2,1-4H3/b15-13-,21-19-,22-20-. The number of allylic oxidation sites excluding steroid dienone is 6. The van der Waals surface area contributed by atoms with E-state index in [1.165, 1.54) is 148 Å². The Labute approximate surface area is 306 Å². The molecule has 0 aliphatic carbocycles. The molecule has 6 heteroatoms. The Hall–Kier alpha value is -0.560. The van der Waals surface area contributed by atoms with Crippen LogP contribution in [0.4, 0.5) is 0 Å². The third-order valence-electron chi connectivity index (χ3n) is 9.08. The van der Waals surface area contributed by atoms with Gasteiger partial charge >= 0.3 is 0 Å². The van der Waals surface area contributed by atoms with Crippen molar-refractivity contribution in [1.29, 1.82) is 0 Å². The molecule has 48 heavy (non-hydrogen) atoms. The third kappa shape index (κ3) is 35.3. The van der Waals surface area contributed by atoms with Gasteiger partial charge in [0.25, 0.3) is 0 Å². The first-order chi connectivity index (χ1) is 23.4. The molecule has 0 amide bonds. The maximum Gasteiger partial charge on any atom is 0.215 e. The highest BCUT2D eigenvalue weighted by atomic mass is 32.2. The van der Waals surface area contributed by atoms with Crippen molar-refractivity contribution in [1.82, 2.24) is 9.21 Å². The van der Waals surface area contributed by atoms with Crippen molar-refractivity contribution in [3.8, 4) is 0 Å². The lowest BCUT2D eigenvalue weighted by Crippen LogP contribution is -2.38. The van der Waals surface area contributed by atoms with Crippen molar-refractivity contribution in [3.05, 3.63) is 36.5 Å². The van der Waals surface area contributed by atoms with Crippen LogP contribution in [0.25, 0.3) is 0 Å². The molecule has 0 spiro atoms. The highest BCUT2D eigenvalue weighted by molar-refractivity contribution is 7.99. The fourth-order valence-electron chi connectivity index (χ4n) is 5.81. The summed E-state index contributed by atoms with van der Waals surface area (Å²) in [6.07, 6.45) is 47.3. The lowest BCUT2D eigenvalue weighted by molar-refractivity contribution is 0.396. The highest BCUT2D eigenvalue weighted by Gasteiger charge is 2.21. The van der Waals surface area contributed by atoms with Gasteiger partial charge in [-0.05, 0) is 90.5 Å². The van der Waals surface area contributed by atoms with Crippen molar-refractivity contribution in [3.63, 3.8) is 0 Å². The Balaban J connectivity index is 3.95. The molecule has 0 aliphatic rings. The van der Waals surface area contributed by atoms with Gasteiger partial charge in [-0.2, -0.15) is 11.8 Å². The summed E-state index contributed by atoms with van der Waals surface area (Å²) in [6, 6.07) is 0. The van der Waals surface area contributed by atoms with Crippen LogP contribution in [0.3, 0.4) is 0 Å². The minimum absolute atomic E-state index is 0.224. The molecule has 0 rings (SSSR count). The summed E-state index contributed by atoms with van der Waals surface area (Å²) >= 11 is 1.94. The second-order valence-electron chi connectivity index (χ2n) is 14.2. The zero-order chi connectivity index (χ0) is 35.2. The van der Waals surface area contributed by atoms with Gasteiger partial charge in [-0.25, -0.2) is 12.7 Å². The summed E-state index contributed by atoms with van der Waals surface area (Å²) in [5, 5.41) is 0. The van der Waals surface area contributed by atoms with Crippen LogP contribution in [-0.2, 0) is 10.0 Å². The summed E-state index contributed by atoms with van der Waals surface area (Å²) < 4.78 is 28.0. The minimum Gasteiger partial charge on any atom is -0.308 e. The number of hydrogen-bond acceptors (Lipinski definition) is 4. The molecular formula is C42H82N2O2S2. The fraction of sp³-hybridized carbons (Fsp3) is 0.857. The molecule has 0 bridgehead atoms. The fourth-order valence-corrected chi connectivity index (χ4v) is 8.52. The maximum atomic E-state index is 13.1. The van der Waals surface area contributed by atoms with Crippen LogP contribution in [-0.4, -0.2) is 68.6 Å². The molecule has 0 aromatic carbocycles. The van der Waals surface area contributed by atoms with Gasteiger partial charge in [0.05, 0.1) is 5.75 Å². The SMILES string of the molecule is CCCCC/C=C\C/C=C\CCCCCCCCN(CCSCCCCCCCC/C=C\CCCCCCCC)S(=O)(=O)CCN(C)C. The zero-order valence-electron chi connectivity index (χ0n) is 32.6. The topological polar surface area (TPSA) is 40.6 Å². The van der Waals surface area contributed by atoms with Crippen LogP contribution < -0.4 is 0 Å². The van der Waals surface area contributed by atoms with Gasteiger partial charge in [-0.3, -0.25) is 0 Å². The van der Waals surface area contributed by atoms with E-state index in [4.69, 9.17) is 0 Å². The Kier molecular flexibility index (Phi) is 37.2. The van der Waals surface area contributed by atoms with E-state index >= 15 is 0 Å². The summed E-state index contributed by atoms with van der Waals surface area (Å²) in [6.45, 7) is 6.46. The van der Waals surface area contributed by atoms with E-state index in [1.54, 1.807) is 4.31 Å². The van der Waals surface area contributed by atoms with Crippen LogP contribution >= 0.6 is 11.8 Å². The maximum absolute atomic E-state index is 13.1. The molecule has 0 radical (unpaired) electrons. The second-order valence-corrected chi connectivity index (χ2v) is 17.5. The second kappa shape index (κ2) is 37.7. The zero-order valence-corrected chi connectivity index (χ0v) is 34.3. The van der Waals surface area contributed by atoms with Crippen LogP contribution in [0.1, 0.15) is 181 Å². The smallest absolute Gasteiger partial charge is 0.215 e. The van der Waals surface area contributed by atoms with Crippen molar-refractivity contribution in [2.75, 3.05) is 51.0 Å². The Morgan fingerprint density at radius 3 is 1.40 bits per heavy atom. The predicted molar refractivity (Wildman–Crippen MR) is 220 cm³/mol. The quantitative estimate of drug-likeness (QED) is 0.0472. The first-order valence-corrected chi connectivity index (χ1v) is 23.4. The summed E-state index contributed by atoms with van der Waals surface area (Å²) in [5.74, 6) is 2.29. The van der Waals surface area contributed by atoms with Crippen LogP contribution in [0.15, 0.2) is 36.5 Å². The Bertz CT molecular complexity index is 839. The first-order valence-electron chi connectivity index (χ1n) is 20.6. The van der Waals surface area contributed by atoms with Gasteiger partial charge < -0.3 is 4.90 Å². The molecule has 0 saturated carbocycles. The molecule has 0 heterocycles. The van der Waals surface area contributed by atoms with E-state index in [0.717, 1.165) is 30.8 Å². The molecule has 0 N–H and O–H groups in total. The van der Waals surface area contributed by atoms with Gasteiger partial charge in [0.15, 0.2) is 0 Å². The number of rotatable bonds is 38. The third-order valence-corrected chi connectivity index (χ3v) is 12.0. The van der Waals surface area contributed by atoms with Crippen molar-refractivity contribution in [2.24, 2.45) is 0 Å². The van der Waals surface area contributed by atoms with E-state index in [0.29, 0.717) is 19.6 Å². The molecule has 0 unspecified atom stereocenters. The number of sulfonamides is 1. The van der Waals surface area contributed by atoms with Crippen LogP contribution in [0.5, 0.6) is 0 Å². The van der Waals surface area contributed by atoms with E-state index in [2.05, 4.69) is 50.3 Å². The summed E-state index contributed by atoms with van der Waals surface area (Å²) in [5.41, 5.74) is 0. The number of unbranched alkanes of at least 4 members (excludes halogenated alkanes) is 21. The Morgan fingerprint density at radius 1 is 0.458 bits per heavy atom. The molecule has 284 valence electrons. The minimum atomic E-state index is -3.20. The van der Waals surface area contributed by atoms with Gasteiger partial charge in [0.2, 0.25) is 10.0 Å². The first kappa shape index (κ1) is 47.4. The number of thioether (sulfide) groups is 1. The molecule has 0 aromatic heterocycles. The molecule has 4 nitrogen and oxygen atoms in total. The molecule has 0 fully saturated rings. The van der Waals surface area contributed by atoms with E-state index < -0.39 is 10.0 Å². The highest BCUT2D eigenvalue weighted by Crippen LogP contribution is 2.15. The van der Waals surface area contributed by atoms with Gasteiger partial charge in [-0.1, -0.05) is 147 Å². The molecule has 0 atom stereocenters. The van der Waals surface area contributed by atoms with E-state index in [-0.39, 0.29) is 5.75 Å². The van der Waals surface area contributed by atoms with Crippen LogP contribution in [0, 0.1) is 0 Å². The van der Waals surface area contributed by atoms with Gasteiger partial charge in [0.1, 0.15) is 0 Å². The molecule has 0 aliphatic heterocycles. The van der Waals surface area contributed by atoms with E-state index in [1.807, 2.05) is 30.8 Å². The Morgan fingerprint density at radius 2 is 0.875 bits per heavy atom. The summed E-state index contributed by atoms with van der Waals surface area (Å²) in [7, 11) is 0.702. The molecular weight excluding hydrogens is 629 g/mol. The monoisotopic (exact) mass is 711 g/mol. The van der Waals surface area contributed by atoms with Gasteiger partial charge in [0, 0.05) is 25.4 Å².